The Morgan fingerprint density at radius 1 is 1.29 bits per heavy atom. The van der Waals surface area contributed by atoms with Crippen molar-refractivity contribution in [3.05, 3.63) is 52.1 Å². The number of hydrogen-bond acceptors (Lipinski definition) is 8. The number of H-pyrrole nitrogens is 1. The van der Waals surface area contributed by atoms with Crippen molar-refractivity contribution in [2.75, 3.05) is 19.0 Å². The summed E-state index contributed by atoms with van der Waals surface area (Å²) in [4.78, 5) is 30.4. The summed E-state index contributed by atoms with van der Waals surface area (Å²) in [6.45, 7) is 4.07. The van der Waals surface area contributed by atoms with Crippen molar-refractivity contribution in [3.63, 3.8) is 0 Å². The van der Waals surface area contributed by atoms with Crippen LogP contribution in [0.3, 0.4) is 0 Å². The number of nitro groups is 1. The van der Waals surface area contributed by atoms with Gasteiger partial charge < -0.3 is 14.5 Å². The molecule has 31 heavy (non-hydrogen) atoms. The minimum atomic E-state index is -0.548. The number of nitrogens with zero attached hydrogens (tertiary/aromatic N) is 3. The summed E-state index contributed by atoms with van der Waals surface area (Å²) in [6.07, 6.45) is 1.31. The normalized spacial score (nSPS) is 11.0. The maximum Gasteiger partial charge on any atom is 0.315 e. The van der Waals surface area contributed by atoms with Crippen LogP contribution in [0.5, 0.6) is 11.5 Å². The average Bonchev–Trinajstić information content (AvgIpc) is 3.17. The highest BCUT2D eigenvalue weighted by Crippen LogP contribution is 2.38. The third-order valence-electron chi connectivity index (χ3n) is 3.95. The summed E-state index contributed by atoms with van der Waals surface area (Å²) in [6, 6.07) is 10.5. The van der Waals surface area contributed by atoms with Gasteiger partial charge in [-0.05, 0) is 32.0 Å². The molecule has 2 aromatic carbocycles. The van der Waals surface area contributed by atoms with Gasteiger partial charge in [-0.2, -0.15) is 5.10 Å². The number of nitro benzene ring substituents is 1. The Morgan fingerprint density at radius 2 is 2.06 bits per heavy atom. The van der Waals surface area contributed by atoms with Crippen molar-refractivity contribution < 1.29 is 19.2 Å². The quantitative estimate of drug-likeness (QED) is 0.212. The number of amides is 1. The average molecular weight is 443 g/mol. The number of hydrogen-bond donors (Lipinski definition) is 2. The monoisotopic (exact) mass is 443 g/mol. The van der Waals surface area contributed by atoms with E-state index < -0.39 is 4.92 Å². The summed E-state index contributed by atoms with van der Waals surface area (Å²) in [7, 11) is 0. The molecule has 0 aliphatic rings. The van der Waals surface area contributed by atoms with E-state index in [1.807, 2.05) is 24.3 Å². The first kappa shape index (κ1) is 22.1. The minimum absolute atomic E-state index is 0.0674. The second-order valence-corrected chi connectivity index (χ2v) is 7.10. The van der Waals surface area contributed by atoms with Crippen LogP contribution in [0.15, 0.2) is 46.7 Å². The molecule has 0 saturated heterocycles. The molecule has 2 N–H and O–H groups in total. The molecule has 11 heteroatoms. The lowest BCUT2D eigenvalue weighted by Crippen LogP contribution is -2.19. The fourth-order valence-corrected chi connectivity index (χ4v) is 3.39. The number of imidazole rings is 1. The highest BCUT2D eigenvalue weighted by Gasteiger charge is 2.22. The third kappa shape index (κ3) is 5.72. The van der Waals surface area contributed by atoms with Crippen LogP contribution in [0.1, 0.15) is 19.4 Å². The Kier molecular flexibility index (Phi) is 7.44. The SMILES string of the molecule is CCOc1cc(/C=N\NC(=O)CSc2nc3ccccc3[nH]2)cc([N+](=O)[O-])c1OCC. The van der Waals surface area contributed by atoms with Gasteiger partial charge in [-0.3, -0.25) is 14.9 Å². The van der Waals surface area contributed by atoms with Crippen LogP contribution in [0.2, 0.25) is 0 Å². The molecule has 1 aromatic heterocycles. The Hall–Kier alpha value is -3.60. The molecule has 0 unspecified atom stereocenters. The summed E-state index contributed by atoms with van der Waals surface area (Å²) < 4.78 is 10.9. The smallest absolute Gasteiger partial charge is 0.315 e. The van der Waals surface area contributed by atoms with E-state index in [0.717, 1.165) is 11.0 Å². The Morgan fingerprint density at radius 3 is 2.77 bits per heavy atom. The molecule has 3 aromatic rings. The van der Waals surface area contributed by atoms with Crippen LogP contribution in [0, 0.1) is 10.1 Å². The van der Waals surface area contributed by atoms with Gasteiger partial charge in [-0.25, -0.2) is 10.4 Å². The maximum atomic E-state index is 12.1. The number of fused-ring (bicyclic) bond motifs is 1. The van der Waals surface area contributed by atoms with E-state index in [1.54, 1.807) is 19.9 Å². The molecule has 0 aliphatic carbocycles. The van der Waals surface area contributed by atoms with Gasteiger partial charge in [-0.1, -0.05) is 23.9 Å². The summed E-state index contributed by atoms with van der Waals surface area (Å²) in [5, 5.41) is 15.9. The van der Waals surface area contributed by atoms with Gasteiger partial charge in [0.15, 0.2) is 10.9 Å². The predicted octanol–water partition coefficient (Wildman–Crippen LogP) is 3.51. The first-order valence-corrected chi connectivity index (χ1v) is 10.5. The second-order valence-electron chi connectivity index (χ2n) is 6.13. The molecule has 10 nitrogen and oxygen atoms in total. The van der Waals surface area contributed by atoms with Gasteiger partial charge in [0.2, 0.25) is 5.75 Å². The lowest BCUT2D eigenvalue weighted by molar-refractivity contribution is -0.385. The second kappa shape index (κ2) is 10.4. The molecular formula is C20H21N5O5S. The van der Waals surface area contributed by atoms with Crippen molar-refractivity contribution in [1.82, 2.24) is 15.4 Å². The number of hydrazone groups is 1. The number of carbonyl (C=O) groups is 1. The Labute approximate surface area is 182 Å². The van der Waals surface area contributed by atoms with Crippen LogP contribution in [-0.2, 0) is 4.79 Å². The Balaban J connectivity index is 1.64. The number of thioether (sulfide) groups is 1. The number of aromatic nitrogens is 2. The first-order valence-electron chi connectivity index (χ1n) is 9.49. The van der Waals surface area contributed by atoms with Gasteiger partial charge >= 0.3 is 5.69 Å². The molecular weight excluding hydrogens is 422 g/mol. The lowest BCUT2D eigenvalue weighted by Gasteiger charge is -2.11. The van der Waals surface area contributed by atoms with Crippen LogP contribution < -0.4 is 14.9 Å². The molecule has 0 fully saturated rings. The largest absolute Gasteiger partial charge is 0.490 e. The minimum Gasteiger partial charge on any atom is -0.490 e. The molecule has 0 saturated carbocycles. The van der Waals surface area contributed by atoms with Crippen molar-refractivity contribution in [3.8, 4) is 11.5 Å². The van der Waals surface area contributed by atoms with Crippen molar-refractivity contribution in [2.24, 2.45) is 5.10 Å². The fraction of sp³-hybridized carbons (Fsp3) is 0.250. The number of rotatable bonds is 10. The summed E-state index contributed by atoms with van der Waals surface area (Å²) >= 11 is 1.24. The molecule has 1 heterocycles. The summed E-state index contributed by atoms with van der Waals surface area (Å²) in [5.74, 6) is 0.0711. The van der Waals surface area contributed by atoms with Crippen molar-refractivity contribution in [2.45, 2.75) is 19.0 Å². The van der Waals surface area contributed by atoms with E-state index in [-0.39, 0.29) is 35.5 Å². The highest BCUT2D eigenvalue weighted by atomic mass is 32.2. The number of ether oxygens (including phenoxy) is 2. The standard InChI is InChI=1S/C20H21N5O5S/c1-3-29-17-10-13(9-16(25(27)28)19(17)30-4-2)11-21-24-18(26)12-31-20-22-14-7-5-6-8-15(14)23-20/h5-11H,3-4,12H2,1-2H3,(H,22,23)(H,24,26)/b21-11-. The topological polar surface area (TPSA) is 132 Å². The van der Waals surface area contributed by atoms with E-state index in [9.17, 15) is 14.9 Å². The fourth-order valence-electron chi connectivity index (χ4n) is 2.71. The predicted molar refractivity (Wildman–Crippen MR) is 118 cm³/mol. The van der Waals surface area contributed by atoms with E-state index >= 15 is 0 Å². The molecule has 162 valence electrons. The number of aromatic amines is 1. The number of para-hydroxylation sites is 2. The van der Waals surface area contributed by atoms with Crippen molar-refractivity contribution >= 4 is 40.6 Å². The maximum absolute atomic E-state index is 12.1. The molecule has 0 spiro atoms. The zero-order chi connectivity index (χ0) is 22.2. The molecule has 0 radical (unpaired) electrons. The van der Waals surface area contributed by atoms with Crippen LogP contribution in [0.25, 0.3) is 11.0 Å². The van der Waals surface area contributed by atoms with E-state index in [0.29, 0.717) is 17.3 Å². The van der Waals surface area contributed by atoms with Gasteiger partial charge in [0.1, 0.15) is 0 Å². The van der Waals surface area contributed by atoms with Gasteiger partial charge in [0, 0.05) is 11.6 Å². The van der Waals surface area contributed by atoms with E-state index in [1.165, 1.54) is 24.0 Å². The van der Waals surface area contributed by atoms with Crippen LogP contribution in [-0.4, -0.2) is 46.0 Å². The highest BCUT2D eigenvalue weighted by molar-refractivity contribution is 7.99. The van der Waals surface area contributed by atoms with Gasteiger partial charge in [0.05, 0.1) is 41.1 Å². The van der Waals surface area contributed by atoms with E-state index in [4.69, 9.17) is 9.47 Å². The number of carbonyl (C=O) groups excluding carboxylic acids is 1. The molecule has 0 atom stereocenters. The van der Waals surface area contributed by atoms with E-state index in [2.05, 4.69) is 20.5 Å². The number of benzene rings is 2. The van der Waals surface area contributed by atoms with Crippen LogP contribution >= 0.6 is 11.8 Å². The Bertz CT molecular complexity index is 1080. The zero-order valence-corrected chi connectivity index (χ0v) is 17.8. The zero-order valence-electron chi connectivity index (χ0n) is 17.0. The number of nitrogens with one attached hydrogen (secondary N) is 2. The molecule has 1 amide bonds. The molecule has 0 aliphatic heterocycles. The van der Waals surface area contributed by atoms with Gasteiger partial charge in [0.25, 0.3) is 5.91 Å². The lowest BCUT2D eigenvalue weighted by atomic mass is 10.2. The van der Waals surface area contributed by atoms with Crippen molar-refractivity contribution in [1.29, 1.82) is 0 Å². The third-order valence-corrected chi connectivity index (χ3v) is 4.83. The van der Waals surface area contributed by atoms with Gasteiger partial charge in [-0.15, -0.1) is 0 Å². The molecule has 3 rings (SSSR count). The summed E-state index contributed by atoms with van der Waals surface area (Å²) in [5.41, 5.74) is 4.28. The molecule has 0 bridgehead atoms. The first-order chi connectivity index (χ1) is 15.0. The van der Waals surface area contributed by atoms with Crippen LogP contribution in [0.4, 0.5) is 5.69 Å².